The zero-order chi connectivity index (χ0) is 20.1. The number of aryl methyl sites for hydroxylation is 4. The van der Waals surface area contributed by atoms with E-state index in [4.69, 9.17) is 4.74 Å². The Morgan fingerprint density at radius 3 is 2.39 bits per heavy atom. The van der Waals surface area contributed by atoms with Gasteiger partial charge in [-0.25, -0.2) is 4.98 Å². The number of anilines is 1. The summed E-state index contributed by atoms with van der Waals surface area (Å²) < 4.78 is 5.67. The van der Waals surface area contributed by atoms with Crippen molar-refractivity contribution in [3.8, 4) is 17.0 Å². The van der Waals surface area contributed by atoms with Crippen molar-refractivity contribution in [1.82, 2.24) is 4.98 Å². The molecule has 3 rings (SSSR count). The van der Waals surface area contributed by atoms with Gasteiger partial charge in [0.25, 0.3) is 0 Å². The lowest BCUT2D eigenvalue weighted by Gasteiger charge is -2.09. The van der Waals surface area contributed by atoms with E-state index < -0.39 is 0 Å². The average molecular weight is 395 g/mol. The second kappa shape index (κ2) is 9.02. The third kappa shape index (κ3) is 5.20. The van der Waals surface area contributed by atoms with Crippen molar-refractivity contribution in [1.29, 1.82) is 0 Å². The van der Waals surface area contributed by atoms with Crippen molar-refractivity contribution in [2.24, 2.45) is 0 Å². The van der Waals surface area contributed by atoms with E-state index in [1.54, 1.807) is 0 Å². The van der Waals surface area contributed by atoms with E-state index in [1.807, 2.05) is 36.6 Å². The molecule has 1 aromatic heterocycles. The summed E-state index contributed by atoms with van der Waals surface area (Å²) in [4.78, 5) is 16.8. The van der Waals surface area contributed by atoms with E-state index in [-0.39, 0.29) is 5.91 Å². The molecule has 1 N–H and O–H groups in total. The summed E-state index contributed by atoms with van der Waals surface area (Å²) in [7, 11) is 0. The number of ether oxygens (including phenoxy) is 1. The van der Waals surface area contributed by atoms with Gasteiger partial charge in [-0.15, -0.1) is 11.3 Å². The maximum absolute atomic E-state index is 12.2. The Labute approximate surface area is 170 Å². The molecule has 0 aliphatic heterocycles. The number of hydrogen-bond acceptors (Lipinski definition) is 4. The van der Waals surface area contributed by atoms with E-state index in [0.717, 1.165) is 17.0 Å². The fourth-order valence-corrected chi connectivity index (χ4v) is 3.99. The SMILES string of the molecule is Cc1ccc(OCCCC(=O)Nc2nc(-c3c(C)cc(C)cc3C)cs2)cc1. The molecule has 0 unspecified atom stereocenters. The summed E-state index contributed by atoms with van der Waals surface area (Å²) in [5.74, 6) is 0.796. The smallest absolute Gasteiger partial charge is 0.226 e. The van der Waals surface area contributed by atoms with Crippen LogP contribution in [-0.2, 0) is 4.79 Å². The van der Waals surface area contributed by atoms with Crippen LogP contribution in [0.15, 0.2) is 41.8 Å². The molecule has 0 radical (unpaired) electrons. The zero-order valence-corrected chi connectivity index (χ0v) is 17.7. The first-order chi connectivity index (χ1) is 13.4. The van der Waals surface area contributed by atoms with Gasteiger partial charge in [0.1, 0.15) is 5.75 Å². The number of nitrogens with one attached hydrogen (secondary N) is 1. The molecule has 0 saturated heterocycles. The van der Waals surface area contributed by atoms with Crippen LogP contribution in [0.25, 0.3) is 11.3 Å². The van der Waals surface area contributed by atoms with Crippen LogP contribution in [0.4, 0.5) is 5.13 Å². The van der Waals surface area contributed by atoms with Crippen LogP contribution in [0.5, 0.6) is 5.75 Å². The molecule has 0 bridgehead atoms. The number of nitrogens with zero attached hydrogens (tertiary/aromatic N) is 1. The predicted molar refractivity (Wildman–Crippen MR) is 116 cm³/mol. The number of carbonyl (C=O) groups is 1. The molecule has 1 heterocycles. The molecule has 0 aliphatic carbocycles. The van der Waals surface area contributed by atoms with Crippen LogP contribution in [0.3, 0.4) is 0 Å². The Bertz CT molecular complexity index is 938. The first-order valence-electron chi connectivity index (χ1n) is 9.45. The van der Waals surface area contributed by atoms with Crippen molar-refractivity contribution in [3.05, 3.63) is 64.0 Å². The van der Waals surface area contributed by atoms with E-state index >= 15 is 0 Å². The first kappa shape index (κ1) is 20.1. The fraction of sp³-hybridized carbons (Fsp3) is 0.304. The number of benzene rings is 2. The largest absolute Gasteiger partial charge is 0.494 e. The maximum atomic E-state index is 12.2. The molecular formula is C23H26N2O2S. The number of amides is 1. The van der Waals surface area contributed by atoms with E-state index in [2.05, 4.69) is 43.2 Å². The summed E-state index contributed by atoms with van der Waals surface area (Å²) in [6.07, 6.45) is 1.07. The third-order valence-electron chi connectivity index (χ3n) is 4.52. The van der Waals surface area contributed by atoms with E-state index in [0.29, 0.717) is 24.6 Å². The summed E-state index contributed by atoms with van der Waals surface area (Å²) >= 11 is 1.46. The van der Waals surface area contributed by atoms with Gasteiger partial charge in [-0.1, -0.05) is 35.4 Å². The van der Waals surface area contributed by atoms with Crippen LogP contribution in [0, 0.1) is 27.7 Å². The van der Waals surface area contributed by atoms with Gasteiger partial charge < -0.3 is 10.1 Å². The molecule has 0 aliphatic rings. The van der Waals surface area contributed by atoms with Crippen molar-refractivity contribution in [3.63, 3.8) is 0 Å². The van der Waals surface area contributed by atoms with Crippen molar-refractivity contribution >= 4 is 22.4 Å². The maximum Gasteiger partial charge on any atom is 0.226 e. The number of rotatable bonds is 7. The summed E-state index contributed by atoms with van der Waals surface area (Å²) in [5.41, 5.74) is 6.91. The highest BCUT2D eigenvalue weighted by Crippen LogP contribution is 2.31. The van der Waals surface area contributed by atoms with E-state index in [1.165, 1.54) is 33.6 Å². The Morgan fingerprint density at radius 1 is 1.04 bits per heavy atom. The average Bonchev–Trinajstić information content (AvgIpc) is 3.07. The van der Waals surface area contributed by atoms with Crippen LogP contribution in [-0.4, -0.2) is 17.5 Å². The number of carbonyl (C=O) groups excluding carboxylic acids is 1. The highest BCUT2D eigenvalue weighted by atomic mass is 32.1. The molecule has 0 spiro atoms. The summed E-state index contributed by atoms with van der Waals surface area (Å²) in [6, 6.07) is 12.2. The molecule has 28 heavy (non-hydrogen) atoms. The minimum atomic E-state index is -0.0363. The van der Waals surface area contributed by atoms with Crippen molar-refractivity contribution < 1.29 is 9.53 Å². The standard InChI is InChI=1S/C23H26N2O2S/c1-15-7-9-19(10-8-15)27-11-5-6-21(26)25-23-24-20(14-28-23)22-17(3)12-16(2)13-18(22)4/h7-10,12-14H,5-6,11H2,1-4H3,(H,24,25,26). The highest BCUT2D eigenvalue weighted by molar-refractivity contribution is 7.14. The Morgan fingerprint density at radius 2 is 1.71 bits per heavy atom. The molecule has 2 aromatic carbocycles. The molecular weight excluding hydrogens is 368 g/mol. The Kier molecular flexibility index (Phi) is 6.47. The first-order valence-corrected chi connectivity index (χ1v) is 10.3. The minimum Gasteiger partial charge on any atom is -0.494 e. The van der Waals surface area contributed by atoms with Crippen molar-refractivity contribution in [2.75, 3.05) is 11.9 Å². The van der Waals surface area contributed by atoms with Gasteiger partial charge in [0.2, 0.25) is 5.91 Å². The van der Waals surface area contributed by atoms with Crippen LogP contribution >= 0.6 is 11.3 Å². The Balaban J connectivity index is 1.51. The second-order valence-corrected chi connectivity index (χ2v) is 7.98. The minimum absolute atomic E-state index is 0.0363. The van der Waals surface area contributed by atoms with Gasteiger partial charge in [-0.3, -0.25) is 4.79 Å². The zero-order valence-electron chi connectivity index (χ0n) is 16.8. The van der Waals surface area contributed by atoms with Crippen LogP contribution in [0.1, 0.15) is 35.1 Å². The molecule has 5 heteroatoms. The molecule has 1 amide bonds. The Hall–Kier alpha value is -2.66. The molecule has 0 atom stereocenters. The van der Waals surface area contributed by atoms with Gasteiger partial charge in [0, 0.05) is 17.4 Å². The molecule has 4 nitrogen and oxygen atoms in total. The summed E-state index contributed by atoms with van der Waals surface area (Å²) in [5, 5.41) is 5.54. The van der Waals surface area contributed by atoms with Crippen LogP contribution in [0.2, 0.25) is 0 Å². The monoisotopic (exact) mass is 394 g/mol. The van der Waals surface area contributed by atoms with Gasteiger partial charge in [0.05, 0.1) is 12.3 Å². The van der Waals surface area contributed by atoms with Gasteiger partial charge in [0.15, 0.2) is 5.13 Å². The molecule has 0 saturated carbocycles. The summed E-state index contributed by atoms with van der Waals surface area (Å²) in [6.45, 7) is 8.85. The second-order valence-electron chi connectivity index (χ2n) is 7.12. The van der Waals surface area contributed by atoms with E-state index in [9.17, 15) is 4.79 Å². The topological polar surface area (TPSA) is 51.2 Å². The lowest BCUT2D eigenvalue weighted by molar-refractivity contribution is -0.116. The third-order valence-corrected chi connectivity index (χ3v) is 5.28. The quantitative estimate of drug-likeness (QED) is 0.512. The lowest BCUT2D eigenvalue weighted by Crippen LogP contribution is -2.12. The van der Waals surface area contributed by atoms with Gasteiger partial charge >= 0.3 is 0 Å². The normalized spacial score (nSPS) is 10.7. The number of hydrogen-bond donors (Lipinski definition) is 1. The van der Waals surface area contributed by atoms with Gasteiger partial charge in [-0.2, -0.15) is 0 Å². The molecule has 146 valence electrons. The van der Waals surface area contributed by atoms with Gasteiger partial charge in [-0.05, 0) is 57.4 Å². The number of aromatic nitrogens is 1. The fourth-order valence-electron chi connectivity index (χ4n) is 3.27. The molecule has 3 aromatic rings. The number of thiazole rings is 1. The van der Waals surface area contributed by atoms with Crippen molar-refractivity contribution in [2.45, 2.75) is 40.5 Å². The molecule has 0 fully saturated rings. The predicted octanol–water partition coefficient (Wildman–Crippen LogP) is 5.84. The highest BCUT2D eigenvalue weighted by Gasteiger charge is 2.12. The lowest BCUT2D eigenvalue weighted by atomic mass is 9.98. The van der Waals surface area contributed by atoms with Crippen LogP contribution < -0.4 is 10.1 Å².